The van der Waals surface area contributed by atoms with Crippen LogP contribution in [-0.2, 0) is 26.2 Å². The molecule has 2 heterocycles. The van der Waals surface area contributed by atoms with E-state index >= 15 is 0 Å². The predicted molar refractivity (Wildman–Crippen MR) is 79.7 cm³/mol. The number of aryl methyl sites for hydroxylation is 2. The molecule has 116 valence electrons. The van der Waals surface area contributed by atoms with Crippen LogP contribution in [0.2, 0.25) is 0 Å². The second-order valence-electron chi connectivity index (χ2n) is 5.30. The molecule has 2 aromatic rings. The van der Waals surface area contributed by atoms with Crippen molar-refractivity contribution in [2.75, 3.05) is 13.7 Å². The lowest BCUT2D eigenvalue weighted by Gasteiger charge is -2.16. The Bertz CT molecular complexity index is 588. The summed E-state index contributed by atoms with van der Waals surface area (Å²) in [6.45, 7) is 9.23. The van der Waals surface area contributed by atoms with Gasteiger partial charge in [-0.2, -0.15) is 5.10 Å². The van der Waals surface area contributed by atoms with Crippen LogP contribution in [0.4, 0.5) is 0 Å². The molecule has 21 heavy (non-hydrogen) atoms. The second-order valence-corrected chi connectivity index (χ2v) is 5.30. The van der Waals surface area contributed by atoms with Gasteiger partial charge in [0.2, 0.25) is 0 Å². The molecule has 0 bridgehead atoms. The van der Waals surface area contributed by atoms with E-state index in [4.69, 9.17) is 5.11 Å². The van der Waals surface area contributed by atoms with Crippen molar-refractivity contribution in [3.8, 4) is 0 Å². The zero-order chi connectivity index (χ0) is 15.4. The van der Waals surface area contributed by atoms with E-state index in [-0.39, 0.29) is 6.61 Å². The van der Waals surface area contributed by atoms with E-state index in [2.05, 4.69) is 34.2 Å². The summed E-state index contributed by atoms with van der Waals surface area (Å²) in [6, 6.07) is 0. The normalized spacial score (nSPS) is 11.5. The Morgan fingerprint density at radius 2 is 2.05 bits per heavy atom. The maximum atomic E-state index is 9.07. The minimum atomic E-state index is 0.108. The first-order chi connectivity index (χ1) is 10.1. The fourth-order valence-electron chi connectivity index (χ4n) is 2.51. The quantitative estimate of drug-likeness (QED) is 0.815. The van der Waals surface area contributed by atoms with Gasteiger partial charge in [-0.1, -0.05) is 0 Å². The molecule has 0 aromatic carbocycles. The molecule has 0 aliphatic carbocycles. The highest BCUT2D eigenvalue weighted by molar-refractivity contribution is 5.24. The maximum absolute atomic E-state index is 9.07. The van der Waals surface area contributed by atoms with Gasteiger partial charge >= 0.3 is 0 Å². The van der Waals surface area contributed by atoms with Gasteiger partial charge in [-0.25, -0.2) is 0 Å². The summed E-state index contributed by atoms with van der Waals surface area (Å²) in [5.41, 5.74) is 3.35. The summed E-state index contributed by atoms with van der Waals surface area (Å²) >= 11 is 0. The molecule has 0 saturated carbocycles. The molecule has 2 aromatic heterocycles. The zero-order valence-electron chi connectivity index (χ0n) is 13.2. The van der Waals surface area contributed by atoms with E-state index in [9.17, 15) is 0 Å². The minimum absolute atomic E-state index is 0.108. The maximum Gasteiger partial charge on any atom is 0.146 e. The topological polar surface area (TPSA) is 72.0 Å². The van der Waals surface area contributed by atoms with Crippen LogP contribution in [-0.4, -0.2) is 48.2 Å². The van der Waals surface area contributed by atoms with Crippen LogP contribution in [0.15, 0.2) is 6.33 Å². The highest BCUT2D eigenvalue weighted by Gasteiger charge is 2.14. The van der Waals surface area contributed by atoms with Gasteiger partial charge in [0.1, 0.15) is 12.2 Å². The average molecular weight is 292 g/mol. The van der Waals surface area contributed by atoms with Crippen molar-refractivity contribution >= 4 is 0 Å². The Morgan fingerprint density at radius 1 is 1.29 bits per heavy atom. The molecule has 7 heteroatoms. The molecule has 0 atom stereocenters. The van der Waals surface area contributed by atoms with Crippen LogP contribution >= 0.6 is 0 Å². The Labute approximate surface area is 125 Å². The zero-order valence-corrected chi connectivity index (χ0v) is 13.2. The van der Waals surface area contributed by atoms with Crippen LogP contribution in [0.5, 0.6) is 0 Å². The second kappa shape index (κ2) is 6.82. The SMILES string of the molecule is CCn1cnnc1CN(C)Cc1c(C)nn(CCO)c1C. The molecule has 0 aliphatic heterocycles. The van der Waals surface area contributed by atoms with Gasteiger partial charge in [0, 0.05) is 24.3 Å². The number of hydrogen-bond donors (Lipinski definition) is 1. The lowest BCUT2D eigenvalue weighted by molar-refractivity contribution is 0.267. The van der Waals surface area contributed by atoms with E-state index in [1.165, 1.54) is 5.56 Å². The first-order valence-electron chi connectivity index (χ1n) is 7.25. The monoisotopic (exact) mass is 292 g/mol. The van der Waals surface area contributed by atoms with Gasteiger partial charge in [-0.3, -0.25) is 9.58 Å². The Balaban J connectivity index is 2.07. The lowest BCUT2D eigenvalue weighted by atomic mass is 10.2. The van der Waals surface area contributed by atoms with Crippen molar-refractivity contribution in [3.63, 3.8) is 0 Å². The lowest BCUT2D eigenvalue weighted by Crippen LogP contribution is -2.20. The standard InChI is InChI=1S/C14H24N6O/c1-5-19-10-15-16-14(19)9-18(4)8-13-11(2)17-20(6-7-21)12(13)3/h10,21H,5-9H2,1-4H3. The Kier molecular flexibility index (Phi) is 5.08. The fraction of sp³-hybridized carbons (Fsp3) is 0.643. The molecule has 0 aliphatic rings. The molecular formula is C14H24N6O. The summed E-state index contributed by atoms with van der Waals surface area (Å²) in [6.07, 6.45) is 1.76. The van der Waals surface area contributed by atoms with Gasteiger partial charge in [-0.05, 0) is 27.8 Å². The van der Waals surface area contributed by atoms with Crippen molar-refractivity contribution in [3.05, 3.63) is 29.1 Å². The minimum Gasteiger partial charge on any atom is -0.394 e. The van der Waals surface area contributed by atoms with Crippen molar-refractivity contribution < 1.29 is 5.11 Å². The molecule has 2 rings (SSSR count). The van der Waals surface area contributed by atoms with Crippen LogP contribution in [0.1, 0.15) is 29.7 Å². The van der Waals surface area contributed by atoms with E-state index in [1.807, 2.05) is 23.1 Å². The van der Waals surface area contributed by atoms with Gasteiger partial charge in [-0.15, -0.1) is 10.2 Å². The van der Waals surface area contributed by atoms with Crippen LogP contribution in [0, 0.1) is 13.8 Å². The van der Waals surface area contributed by atoms with Gasteiger partial charge in [0.25, 0.3) is 0 Å². The molecule has 0 fully saturated rings. The smallest absolute Gasteiger partial charge is 0.146 e. The van der Waals surface area contributed by atoms with Crippen molar-refractivity contribution in [1.29, 1.82) is 0 Å². The predicted octanol–water partition coefficient (Wildman–Crippen LogP) is 0.736. The number of aliphatic hydroxyl groups excluding tert-OH is 1. The van der Waals surface area contributed by atoms with Gasteiger partial charge in [0.15, 0.2) is 0 Å². The third-order valence-corrected chi connectivity index (χ3v) is 3.72. The third-order valence-electron chi connectivity index (χ3n) is 3.72. The number of aromatic nitrogens is 5. The molecular weight excluding hydrogens is 268 g/mol. The van der Waals surface area contributed by atoms with E-state index in [0.29, 0.717) is 6.54 Å². The highest BCUT2D eigenvalue weighted by Crippen LogP contribution is 2.16. The summed E-state index contributed by atoms with van der Waals surface area (Å²) in [5, 5.41) is 21.7. The number of rotatable bonds is 7. The van der Waals surface area contributed by atoms with Crippen molar-refractivity contribution in [1.82, 2.24) is 29.4 Å². The number of hydrogen-bond acceptors (Lipinski definition) is 5. The molecule has 0 radical (unpaired) electrons. The molecule has 0 saturated heterocycles. The number of nitrogens with zero attached hydrogens (tertiary/aromatic N) is 6. The number of aliphatic hydroxyl groups is 1. The summed E-state index contributed by atoms with van der Waals surface area (Å²) in [7, 11) is 2.07. The van der Waals surface area contributed by atoms with Gasteiger partial charge in [0.05, 0.1) is 25.4 Å². The molecule has 0 unspecified atom stereocenters. The van der Waals surface area contributed by atoms with Crippen molar-refractivity contribution in [2.24, 2.45) is 0 Å². The largest absolute Gasteiger partial charge is 0.394 e. The third kappa shape index (κ3) is 3.48. The van der Waals surface area contributed by atoms with Crippen LogP contribution in [0.3, 0.4) is 0 Å². The van der Waals surface area contributed by atoms with Crippen LogP contribution in [0.25, 0.3) is 0 Å². The van der Waals surface area contributed by atoms with E-state index in [1.54, 1.807) is 6.33 Å². The van der Waals surface area contributed by atoms with Gasteiger partial charge < -0.3 is 9.67 Å². The molecule has 1 N–H and O–H groups in total. The van der Waals surface area contributed by atoms with Crippen molar-refractivity contribution in [2.45, 2.75) is 47.0 Å². The molecule has 0 spiro atoms. The Hall–Kier alpha value is -1.73. The summed E-state index contributed by atoms with van der Waals surface area (Å²) in [4.78, 5) is 2.20. The first kappa shape index (κ1) is 15.7. The average Bonchev–Trinajstić information content (AvgIpc) is 2.99. The summed E-state index contributed by atoms with van der Waals surface area (Å²) < 4.78 is 3.92. The fourth-order valence-corrected chi connectivity index (χ4v) is 2.51. The Morgan fingerprint density at radius 3 is 2.71 bits per heavy atom. The highest BCUT2D eigenvalue weighted by atomic mass is 16.3. The molecule has 0 amide bonds. The van der Waals surface area contributed by atoms with E-state index < -0.39 is 0 Å². The van der Waals surface area contributed by atoms with E-state index in [0.717, 1.165) is 36.8 Å². The summed E-state index contributed by atoms with van der Waals surface area (Å²) in [5.74, 6) is 0.970. The van der Waals surface area contributed by atoms with Crippen LogP contribution < -0.4 is 0 Å². The molecule has 7 nitrogen and oxygen atoms in total. The first-order valence-corrected chi connectivity index (χ1v) is 7.25.